The molecule has 1 amide bonds. The Balaban J connectivity index is 1.80. The summed E-state index contributed by atoms with van der Waals surface area (Å²) in [5, 5.41) is 14.3. The minimum absolute atomic E-state index is 0.0991. The molecule has 19 heavy (non-hydrogen) atoms. The van der Waals surface area contributed by atoms with Crippen LogP contribution in [0, 0.1) is 5.92 Å². The number of aromatic nitrogens is 2. The van der Waals surface area contributed by atoms with Gasteiger partial charge in [0.1, 0.15) is 0 Å². The van der Waals surface area contributed by atoms with E-state index < -0.39 is 0 Å². The summed E-state index contributed by atoms with van der Waals surface area (Å²) in [6.07, 6.45) is 1.09. The summed E-state index contributed by atoms with van der Waals surface area (Å²) in [7, 11) is 0. The minimum atomic E-state index is -0.0991. The monoisotopic (exact) mass is 258 g/mol. The smallest absolute Gasteiger partial charge is 0.272 e. The summed E-state index contributed by atoms with van der Waals surface area (Å²) in [5.74, 6) is 0.397. The third-order valence-electron chi connectivity index (χ3n) is 3.83. The number of hydrogen-bond acceptors (Lipinski definition) is 3. The number of rotatable bonds is 2. The van der Waals surface area contributed by atoms with E-state index in [4.69, 9.17) is 0 Å². The first-order valence-corrected chi connectivity index (χ1v) is 6.70. The second kappa shape index (κ2) is 5.01. The van der Waals surface area contributed by atoms with E-state index in [0.717, 1.165) is 30.4 Å². The molecule has 2 atom stereocenters. The summed E-state index contributed by atoms with van der Waals surface area (Å²) in [6, 6.07) is 7.85. The van der Waals surface area contributed by atoms with Crippen molar-refractivity contribution in [2.45, 2.75) is 19.4 Å². The number of aromatic amines is 1. The zero-order valence-corrected chi connectivity index (χ0v) is 10.9. The van der Waals surface area contributed by atoms with Gasteiger partial charge in [-0.05, 0) is 24.9 Å². The van der Waals surface area contributed by atoms with E-state index in [1.54, 1.807) is 0 Å². The molecule has 100 valence electrons. The van der Waals surface area contributed by atoms with E-state index in [1.807, 2.05) is 24.3 Å². The van der Waals surface area contributed by atoms with Gasteiger partial charge in [-0.15, -0.1) is 0 Å². The van der Waals surface area contributed by atoms with E-state index >= 15 is 0 Å². The molecule has 3 rings (SSSR count). The van der Waals surface area contributed by atoms with Crippen molar-refractivity contribution >= 4 is 16.8 Å². The quantitative estimate of drug-likeness (QED) is 0.760. The predicted octanol–water partition coefficient (Wildman–Crippen LogP) is 1.29. The van der Waals surface area contributed by atoms with Gasteiger partial charge >= 0.3 is 0 Å². The van der Waals surface area contributed by atoms with Gasteiger partial charge < -0.3 is 10.6 Å². The minimum Gasteiger partial charge on any atom is -0.346 e. The second-order valence-electron chi connectivity index (χ2n) is 5.17. The molecule has 1 aliphatic heterocycles. The van der Waals surface area contributed by atoms with Gasteiger partial charge in [-0.1, -0.05) is 25.1 Å². The lowest BCUT2D eigenvalue weighted by Crippen LogP contribution is -2.50. The molecule has 1 aliphatic rings. The summed E-state index contributed by atoms with van der Waals surface area (Å²) in [4.78, 5) is 12.3. The number of nitrogens with one attached hydrogen (secondary N) is 3. The normalized spacial score (nSPS) is 23.4. The van der Waals surface area contributed by atoms with E-state index in [0.29, 0.717) is 11.6 Å². The molecule has 3 N–H and O–H groups in total. The van der Waals surface area contributed by atoms with E-state index in [9.17, 15) is 4.79 Å². The number of nitrogens with zero attached hydrogens (tertiary/aromatic N) is 1. The maximum absolute atomic E-state index is 12.3. The largest absolute Gasteiger partial charge is 0.346 e. The molecule has 1 fully saturated rings. The van der Waals surface area contributed by atoms with Crippen molar-refractivity contribution in [3.8, 4) is 0 Å². The number of carbonyl (C=O) groups excluding carboxylic acids is 1. The number of benzene rings is 1. The zero-order chi connectivity index (χ0) is 13.2. The lowest BCUT2D eigenvalue weighted by Gasteiger charge is -2.29. The summed E-state index contributed by atoms with van der Waals surface area (Å²) in [6.45, 7) is 4.03. The number of H-pyrrole nitrogens is 1. The molecular formula is C14H18N4O. The van der Waals surface area contributed by atoms with Gasteiger partial charge in [-0.2, -0.15) is 5.10 Å². The van der Waals surface area contributed by atoms with Gasteiger partial charge in [0.05, 0.1) is 5.52 Å². The van der Waals surface area contributed by atoms with Crippen molar-refractivity contribution in [1.82, 2.24) is 20.8 Å². The Hall–Kier alpha value is -1.88. The van der Waals surface area contributed by atoms with Crippen molar-refractivity contribution in [2.75, 3.05) is 13.1 Å². The molecule has 0 bridgehead atoms. The van der Waals surface area contributed by atoms with Crippen molar-refractivity contribution in [2.24, 2.45) is 5.92 Å². The van der Waals surface area contributed by atoms with Crippen LogP contribution in [0.4, 0.5) is 0 Å². The molecule has 0 saturated carbocycles. The van der Waals surface area contributed by atoms with Crippen LogP contribution in [0.2, 0.25) is 0 Å². The lowest BCUT2D eigenvalue weighted by molar-refractivity contribution is 0.0912. The van der Waals surface area contributed by atoms with E-state index in [2.05, 4.69) is 27.8 Å². The number of fused-ring (bicyclic) bond motifs is 1. The maximum Gasteiger partial charge on any atom is 0.272 e. The fourth-order valence-electron chi connectivity index (χ4n) is 2.56. The Morgan fingerprint density at radius 1 is 1.42 bits per heavy atom. The van der Waals surface area contributed by atoms with Crippen LogP contribution < -0.4 is 10.6 Å². The Morgan fingerprint density at radius 2 is 2.26 bits per heavy atom. The van der Waals surface area contributed by atoms with Crippen molar-refractivity contribution < 1.29 is 4.79 Å². The number of hydrogen-bond donors (Lipinski definition) is 3. The van der Waals surface area contributed by atoms with Gasteiger partial charge in [0, 0.05) is 18.0 Å². The molecule has 0 aliphatic carbocycles. The van der Waals surface area contributed by atoms with Crippen LogP contribution in [0.15, 0.2) is 24.3 Å². The Morgan fingerprint density at radius 3 is 3.11 bits per heavy atom. The number of carbonyl (C=O) groups is 1. The zero-order valence-electron chi connectivity index (χ0n) is 10.9. The molecule has 2 heterocycles. The number of para-hydroxylation sites is 1. The van der Waals surface area contributed by atoms with Crippen LogP contribution in [-0.2, 0) is 0 Å². The summed E-state index contributed by atoms with van der Waals surface area (Å²) in [5.41, 5.74) is 1.37. The molecular weight excluding hydrogens is 240 g/mol. The molecule has 2 aromatic rings. The van der Waals surface area contributed by atoms with Crippen LogP contribution in [0.3, 0.4) is 0 Å². The van der Waals surface area contributed by atoms with Gasteiger partial charge in [0.15, 0.2) is 5.69 Å². The van der Waals surface area contributed by atoms with Crippen LogP contribution in [-0.4, -0.2) is 35.2 Å². The van der Waals surface area contributed by atoms with Crippen molar-refractivity contribution in [3.63, 3.8) is 0 Å². The molecule has 1 aromatic carbocycles. The van der Waals surface area contributed by atoms with Crippen LogP contribution in [0.5, 0.6) is 0 Å². The lowest BCUT2D eigenvalue weighted by atomic mass is 9.94. The molecule has 0 spiro atoms. The SMILES string of the molecule is CC1CCNCC1NC(=O)c1n[nH]c2ccccc12. The highest BCUT2D eigenvalue weighted by Gasteiger charge is 2.24. The van der Waals surface area contributed by atoms with Crippen molar-refractivity contribution in [3.05, 3.63) is 30.0 Å². The highest BCUT2D eigenvalue weighted by atomic mass is 16.2. The first-order chi connectivity index (χ1) is 9.25. The highest BCUT2D eigenvalue weighted by molar-refractivity contribution is 6.04. The molecule has 5 heteroatoms. The standard InChI is InChI=1S/C14H18N4O/c1-9-6-7-15-8-12(9)16-14(19)13-10-4-2-3-5-11(10)17-18-13/h2-5,9,12,15H,6-8H2,1H3,(H,16,19)(H,17,18). The van der Waals surface area contributed by atoms with Gasteiger partial charge in [0.25, 0.3) is 5.91 Å². The molecule has 1 saturated heterocycles. The molecule has 5 nitrogen and oxygen atoms in total. The molecule has 1 aromatic heterocycles. The average molecular weight is 258 g/mol. The van der Waals surface area contributed by atoms with Gasteiger partial charge in [-0.25, -0.2) is 0 Å². The number of amides is 1. The third-order valence-corrected chi connectivity index (χ3v) is 3.83. The number of piperidine rings is 1. The predicted molar refractivity (Wildman–Crippen MR) is 74.0 cm³/mol. The first-order valence-electron chi connectivity index (χ1n) is 6.70. The topological polar surface area (TPSA) is 69.8 Å². The van der Waals surface area contributed by atoms with Gasteiger partial charge in [-0.3, -0.25) is 9.89 Å². The van der Waals surface area contributed by atoms with E-state index in [1.165, 1.54) is 0 Å². The van der Waals surface area contributed by atoms with E-state index in [-0.39, 0.29) is 11.9 Å². The first kappa shape index (κ1) is 12.2. The maximum atomic E-state index is 12.3. The van der Waals surface area contributed by atoms with Crippen LogP contribution in [0.25, 0.3) is 10.9 Å². The summed E-state index contributed by atoms with van der Waals surface area (Å²) >= 11 is 0. The van der Waals surface area contributed by atoms with Crippen LogP contribution in [0.1, 0.15) is 23.8 Å². The fourth-order valence-corrected chi connectivity index (χ4v) is 2.56. The molecule has 0 radical (unpaired) electrons. The second-order valence-corrected chi connectivity index (χ2v) is 5.17. The highest BCUT2D eigenvalue weighted by Crippen LogP contribution is 2.16. The Labute approximate surface area is 111 Å². The molecule has 2 unspecified atom stereocenters. The van der Waals surface area contributed by atoms with Crippen LogP contribution >= 0.6 is 0 Å². The van der Waals surface area contributed by atoms with Crippen molar-refractivity contribution in [1.29, 1.82) is 0 Å². The average Bonchev–Trinajstić information content (AvgIpc) is 2.85. The third kappa shape index (κ3) is 2.33. The Bertz CT molecular complexity index is 592. The van der Waals surface area contributed by atoms with Gasteiger partial charge in [0.2, 0.25) is 0 Å². The summed E-state index contributed by atoms with van der Waals surface area (Å²) < 4.78 is 0. The Kier molecular flexibility index (Phi) is 3.21. The fraction of sp³-hybridized carbons (Fsp3) is 0.429.